The van der Waals surface area contributed by atoms with Gasteiger partial charge in [0, 0.05) is 24.3 Å². The van der Waals surface area contributed by atoms with Gasteiger partial charge in [0.05, 0.1) is 12.3 Å². The molecular formula is C13H14BrN3O2. The summed E-state index contributed by atoms with van der Waals surface area (Å²) in [4.78, 5) is 11.6. The predicted octanol–water partition coefficient (Wildman–Crippen LogP) is 2.03. The number of benzene rings is 1. The van der Waals surface area contributed by atoms with E-state index in [1.807, 2.05) is 30.3 Å². The molecular weight excluding hydrogens is 310 g/mol. The Bertz CT molecular complexity index is 509. The Kier molecular flexibility index (Phi) is 6.64. The minimum Gasteiger partial charge on any atom is -0.383 e. The van der Waals surface area contributed by atoms with E-state index in [9.17, 15) is 4.79 Å². The van der Waals surface area contributed by atoms with E-state index in [1.165, 1.54) is 6.20 Å². The van der Waals surface area contributed by atoms with Crippen molar-refractivity contribution in [3.05, 3.63) is 40.5 Å². The Morgan fingerprint density at radius 2 is 2.26 bits per heavy atom. The van der Waals surface area contributed by atoms with E-state index >= 15 is 0 Å². The monoisotopic (exact) mass is 323 g/mol. The van der Waals surface area contributed by atoms with Crippen LogP contribution in [0.3, 0.4) is 0 Å². The van der Waals surface area contributed by atoms with Crippen molar-refractivity contribution in [3.8, 4) is 6.07 Å². The topological polar surface area (TPSA) is 74.1 Å². The molecule has 5 nitrogen and oxygen atoms in total. The number of para-hydroxylation sites is 1. The quantitative estimate of drug-likeness (QED) is 0.477. The highest BCUT2D eigenvalue weighted by Crippen LogP contribution is 2.21. The van der Waals surface area contributed by atoms with E-state index in [4.69, 9.17) is 10.00 Å². The Morgan fingerprint density at radius 3 is 2.89 bits per heavy atom. The van der Waals surface area contributed by atoms with Gasteiger partial charge in [0.15, 0.2) is 0 Å². The highest BCUT2D eigenvalue weighted by molar-refractivity contribution is 9.10. The summed E-state index contributed by atoms with van der Waals surface area (Å²) in [5.41, 5.74) is 0.784. The molecule has 0 aliphatic heterocycles. The van der Waals surface area contributed by atoms with Gasteiger partial charge in [-0.2, -0.15) is 5.26 Å². The molecule has 0 fully saturated rings. The summed E-state index contributed by atoms with van der Waals surface area (Å²) < 4.78 is 5.66. The average Bonchev–Trinajstić information content (AvgIpc) is 2.41. The zero-order chi connectivity index (χ0) is 14.1. The highest BCUT2D eigenvalue weighted by Gasteiger charge is 2.07. The van der Waals surface area contributed by atoms with Crippen LogP contribution in [0.1, 0.15) is 0 Å². The van der Waals surface area contributed by atoms with E-state index in [2.05, 4.69) is 26.6 Å². The van der Waals surface area contributed by atoms with Gasteiger partial charge in [-0.05, 0) is 28.1 Å². The third-order valence-electron chi connectivity index (χ3n) is 2.20. The SMILES string of the molecule is COCCNC(=O)/C(C#N)=C\Nc1ccccc1Br. The van der Waals surface area contributed by atoms with Crippen LogP contribution in [0.15, 0.2) is 40.5 Å². The number of nitrogens with one attached hydrogen (secondary N) is 2. The number of carbonyl (C=O) groups is 1. The van der Waals surface area contributed by atoms with Crippen LogP contribution in [0.5, 0.6) is 0 Å². The van der Waals surface area contributed by atoms with Crippen molar-refractivity contribution in [1.29, 1.82) is 5.26 Å². The maximum absolute atomic E-state index is 11.6. The van der Waals surface area contributed by atoms with Crippen LogP contribution in [0.4, 0.5) is 5.69 Å². The van der Waals surface area contributed by atoms with Crippen molar-refractivity contribution >= 4 is 27.5 Å². The second kappa shape index (κ2) is 8.29. The van der Waals surface area contributed by atoms with Crippen LogP contribution >= 0.6 is 15.9 Å². The Hall–Kier alpha value is -1.84. The predicted molar refractivity (Wildman–Crippen MR) is 76.3 cm³/mol. The molecule has 0 atom stereocenters. The molecule has 100 valence electrons. The van der Waals surface area contributed by atoms with Gasteiger partial charge in [-0.3, -0.25) is 4.79 Å². The number of carbonyl (C=O) groups excluding carboxylic acids is 1. The fourth-order valence-electron chi connectivity index (χ4n) is 1.24. The van der Waals surface area contributed by atoms with Crippen molar-refractivity contribution < 1.29 is 9.53 Å². The summed E-state index contributed by atoms with van der Waals surface area (Å²) in [6.07, 6.45) is 1.38. The number of ether oxygens (including phenoxy) is 1. The summed E-state index contributed by atoms with van der Waals surface area (Å²) in [6, 6.07) is 9.27. The molecule has 0 saturated carbocycles. The zero-order valence-electron chi connectivity index (χ0n) is 10.4. The first-order chi connectivity index (χ1) is 9.19. The van der Waals surface area contributed by atoms with Crippen molar-refractivity contribution in [2.75, 3.05) is 25.6 Å². The average molecular weight is 324 g/mol. The molecule has 0 bridgehead atoms. The number of rotatable bonds is 6. The van der Waals surface area contributed by atoms with Gasteiger partial charge >= 0.3 is 0 Å². The number of anilines is 1. The zero-order valence-corrected chi connectivity index (χ0v) is 12.0. The van der Waals surface area contributed by atoms with E-state index in [-0.39, 0.29) is 5.57 Å². The number of hydrogen-bond acceptors (Lipinski definition) is 4. The Morgan fingerprint density at radius 1 is 1.53 bits per heavy atom. The summed E-state index contributed by atoms with van der Waals surface area (Å²) >= 11 is 3.36. The molecule has 0 unspecified atom stereocenters. The summed E-state index contributed by atoms with van der Waals surface area (Å²) in [6.45, 7) is 0.769. The Labute approximate surface area is 120 Å². The van der Waals surface area contributed by atoms with E-state index in [0.717, 1.165) is 10.2 Å². The number of hydrogen-bond donors (Lipinski definition) is 2. The summed E-state index contributed by atoms with van der Waals surface area (Å²) in [5, 5.41) is 14.4. The third-order valence-corrected chi connectivity index (χ3v) is 2.89. The highest BCUT2D eigenvalue weighted by atomic mass is 79.9. The number of nitriles is 1. The number of amides is 1. The molecule has 0 aromatic heterocycles. The first-order valence-electron chi connectivity index (χ1n) is 5.57. The number of nitrogens with zero attached hydrogens (tertiary/aromatic N) is 1. The van der Waals surface area contributed by atoms with Crippen LogP contribution in [-0.4, -0.2) is 26.2 Å². The molecule has 1 aromatic rings. The normalized spacial score (nSPS) is 10.7. The van der Waals surface area contributed by atoms with E-state index in [1.54, 1.807) is 7.11 Å². The third kappa shape index (κ3) is 5.12. The first kappa shape index (κ1) is 15.2. The molecule has 1 rings (SSSR count). The minimum atomic E-state index is -0.431. The molecule has 19 heavy (non-hydrogen) atoms. The van der Waals surface area contributed by atoms with Gasteiger partial charge in [-0.1, -0.05) is 12.1 Å². The lowest BCUT2D eigenvalue weighted by Gasteiger charge is -2.05. The Balaban J connectivity index is 2.65. The molecule has 1 aromatic carbocycles. The standard InChI is InChI=1S/C13H14BrN3O2/c1-19-7-6-16-13(18)10(8-15)9-17-12-5-3-2-4-11(12)14/h2-5,9,17H,6-7H2,1H3,(H,16,18)/b10-9-. The van der Waals surface area contributed by atoms with E-state index < -0.39 is 5.91 Å². The van der Waals surface area contributed by atoms with Gasteiger partial charge in [-0.15, -0.1) is 0 Å². The molecule has 0 spiro atoms. The first-order valence-corrected chi connectivity index (χ1v) is 6.36. The lowest BCUT2D eigenvalue weighted by atomic mass is 10.3. The molecule has 0 radical (unpaired) electrons. The summed E-state index contributed by atoms with van der Waals surface area (Å²) in [5.74, 6) is -0.431. The lowest BCUT2D eigenvalue weighted by molar-refractivity contribution is -0.117. The molecule has 1 amide bonds. The summed E-state index contributed by atoms with van der Waals surface area (Å²) in [7, 11) is 1.54. The molecule has 2 N–H and O–H groups in total. The van der Waals surface area contributed by atoms with Gasteiger partial charge in [0.2, 0.25) is 0 Å². The minimum absolute atomic E-state index is 0.00635. The largest absolute Gasteiger partial charge is 0.383 e. The fourth-order valence-corrected chi connectivity index (χ4v) is 1.64. The fraction of sp³-hybridized carbons (Fsp3) is 0.231. The van der Waals surface area contributed by atoms with Crippen LogP contribution in [0, 0.1) is 11.3 Å². The van der Waals surface area contributed by atoms with Crippen molar-refractivity contribution in [3.63, 3.8) is 0 Å². The second-order valence-corrected chi connectivity index (χ2v) is 4.40. The maximum atomic E-state index is 11.6. The molecule has 6 heteroatoms. The van der Waals surface area contributed by atoms with Gasteiger partial charge in [-0.25, -0.2) is 0 Å². The molecule has 0 saturated heterocycles. The molecule has 0 aliphatic carbocycles. The van der Waals surface area contributed by atoms with Crippen molar-refractivity contribution in [1.82, 2.24) is 5.32 Å². The van der Waals surface area contributed by atoms with Crippen molar-refractivity contribution in [2.45, 2.75) is 0 Å². The molecule has 0 aliphatic rings. The van der Waals surface area contributed by atoms with Gasteiger partial charge in [0.25, 0.3) is 5.91 Å². The second-order valence-electron chi connectivity index (χ2n) is 3.54. The lowest BCUT2D eigenvalue weighted by Crippen LogP contribution is -2.28. The van der Waals surface area contributed by atoms with E-state index in [0.29, 0.717) is 13.2 Å². The maximum Gasteiger partial charge on any atom is 0.263 e. The van der Waals surface area contributed by atoms with Crippen LogP contribution in [0.2, 0.25) is 0 Å². The van der Waals surface area contributed by atoms with Crippen LogP contribution < -0.4 is 10.6 Å². The number of halogens is 1. The van der Waals surface area contributed by atoms with Crippen LogP contribution in [0.25, 0.3) is 0 Å². The van der Waals surface area contributed by atoms with Crippen LogP contribution in [-0.2, 0) is 9.53 Å². The smallest absolute Gasteiger partial charge is 0.263 e. The molecule has 0 heterocycles. The van der Waals surface area contributed by atoms with Gasteiger partial charge < -0.3 is 15.4 Å². The van der Waals surface area contributed by atoms with Crippen molar-refractivity contribution in [2.24, 2.45) is 0 Å². The number of methoxy groups -OCH3 is 1. The van der Waals surface area contributed by atoms with Gasteiger partial charge in [0.1, 0.15) is 11.6 Å².